The number of nitrogens with zero attached hydrogens (tertiary/aromatic N) is 1. The highest BCUT2D eigenvalue weighted by Gasteiger charge is 2.27. The van der Waals surface area contributed by atoms with Crippen molar-refractivity contribution in [1.29, 1.82) is 0 Å². The van der Waals surface area contributed by atoms with Crippen molar-refractivity contribution in [2.24, 2.45) is 5.92 Å². The number of likely N-dealkylation sites (tertiary alicyclic amines) is 1. The summed E-state index contributed by atoms with van der Waals surface area (Å²) in [7, 11) is 0. The molecule has 4 nitrogen and oxygen atoms in total. The van der Waals surface area contributed by atoms with Crippen LogP contribution in [0.3, 0.4) is 0 Å². The maximum absolute atomic E-state index is 12.5. The Kier molecular flexibility index (Phi) is 5.34. The maximum Gasteiger partial charge on any atom is 0.221 e. The van der Waals surface area contributed by atoms with Crippen molar-refractivity contribution in [2.45, 2.75) is 38.1 Å². The van der Waals surface area contributed by atoms with Gasteiger partial charge in [0.25, 0.3) is 0 Å². The van der Waals surface area contributed by atoms with E-state index in [9.17, 15) is 9.59 Å². The molecule has 1 saturated carbocycles. The van der Waals surface area contributed by atoms with E-state index in [4.69, 9.17) is 11.6 Å². The summed E-state index contributed by atoms with van der Waals surface area (Å²) >= 11 is 5.87. The summed E-state index contributed by atoms with van der Waals surface area (Å²) in [5.74, 6) is 0.465. The summed E-state index contributed by atoms with van der Waals surface area (Å²) in [6.45, 7) is 2.57. The lowest BCUT2D eigenvalue weighted by Gasteiger charge is -2.31. The molecule has 124 valence electrons. The number of carbonyl (C=O) groups is 2. The molecule has 2 aliphatic rings. The van der Waals surface area contributed by atoms with E-state index >= 15 is 0 Å². The summed E-state index contributed by atoms with van der Waals surface area (Å²) in [5.41, 5.74) is 0.747. The van der Waals surface area contributed by atoms with Gasteiger partial charge in [-0.25, -0.2) is 0 Å². The third kappa shape index (κ3) is 4.79. The van der Waals surface area contributed by atoms with Crippen LogP contribution in [0.15, 0.2) is 24.3 Å². The number of amides is 1. The van der Waals surface area contributed by atoms with Gasteiger partial charge in [0.1, 0.15) is 0 Å². The van der Waals surface area contributed by atoms with E-state index in [1.54, 1.807) is 24.3 Å². The maximum atomic E-state index is 12.5. The minimum Gasteiger partial charge on any atom is -0.353 e. The molecule has 0 bridgehead atoms. The van der Waals surface area contributed by atoms with Gasteiger partial charge in [-0.2, -0.15) is 0 Å². The van der Waals surface area contributed by atoms with Crippen molar-refractivity contribution in [3.8, 4) is 0 Å². The minimum atomic E-state index is 0.0905. The molecule has 1 saturated heterocycles. The van der Waals surface area contributed by atoms with E-state index in [1.807, 2.05) is 0 Å². The third-order valence-corrected chi connectivity index (χ3v) is 4.94. The Balaban J connectivity index is 1.41. The smallest absolute Gasteiger partial charge is 0.221 e. The lowest BCUT2D eigenvalue weighted by molar-refractivity contribution is -0.121. The zero-order valence-corrected chi connectivity index (χ0v) is 14.0. The van der Waals surface area contributed by atoms with Crippen molar-refractivity contribution < 1.29 is 9.59 Å². The molecular weight excluding hydrogens is 312 g/mol. The highest BCUT2D eigenvalue weighted by molar-refractivity contribution is 6.30. The Hall–Kier alpha value is -1.39. The van der Waals surface area contributed by atoms with Crippen LogP contribution >= 0.6 is 11.6 Å². The van der Waals surface area contributed by atoms with E-state index in [2.05, 4.69) is 10.2 Å². The minimum absolute atomic E-state index is 0.0905. The lowest BCUT2D eigenvalue weighted by Crippen LogP contribution is -2.38. The van der Waals surface area contributed by atoms with E-state index in [1.165, 1.54) is 0 Å². The predicted molar refractivity (Wildman–Crippen MR) is 90.7 cm³/mol. The molecule has 0 unspecified atom stereocenters. The number of carbonyl (C=O) groups excluding carboxylic acids is 2. The zero-order chi connectivity index (χ0) is 16.2. The molecule has 0 radical (unpaired) electrons. The van der Waals surface area contributed by atoms with Gasteiger partial charge in [0.05, 0.1) is 0 Å². The van der Waals surface area contributed by atoms with E-state index < -0.39 is 0 Å². The van der Waals surface area contributed by atoms with E-state index in [0.29, 0.717) is 17.5 Å². The molecule has 1 aliphatic heterocycles. The van der Waals surface area contributed by atoms with Crippen molar-refractivity contribution in [2.75, 3.05) is 19.6 Å². The van der Waals surface area contributed by atoms with Crippen molar-refractivity contribution >= 4 is 23.3 Å². The van der Waals surface area contributed by atoms with Crippen molar-refractivity contribution in [3.05, 3.63) is 34.9 Å². The molecule has 1 aromatic rings. The number of piperidine rings is 1. The first kappa shape index (κ1) is 16.5. The summed E-state index contributed by atoms with van der Waals surface area (Å²) in [6, 6.07) is 7.58. The first-order valence-electron chi connectivity index (χ1n) is 8.43. The number of halogens is 1. The number of hydrogen-bond acceptors (Lipinski definition) is 3. The average Bonchev–Trinajstić information content (AvgIpc) is 3.37. The van der Waals surface area contributed by atoms with Crippen LogP contribution in [0, 0.1) is 5.92 Å². The second-order valence-corrected chi connectivity index (χ2v) is 7.02. The van der Waals surface area contributed by atoms with Crippen molar-refractivity contribution in [1.82, 2.24) is 10.2 Å². The molecule has 1 N–H and O–H groups in total. The van der Waals surface area contributed by atoms with Crippen molar-refractivity contribution in [3.63, 3.8) is 0 Å². The Morgan fingerprint density at radius 1 is 1.09 bits per heavy atom. The molecule has 0 aromatic heterocycles. The fourth-order valence-corrected chi connectivity index (χ4v) is 3.18. The predicted octanol–water partition coefficient (Wildman–Crippen LogP) is 2.90. The molecule has 2 fully saturated rings. The number of Topliss-reactive ketones (excluding diaryl/α,β-unsaturated/α-hetero) is 1. The molecule has 1 aromatic carbocycles. The lowest BCUT2D eigenvalue weighted by atomic mass is 9.89. The van der Waals surface area contributed by atoms with Crippen LogP contribution in [-0.2, 0) is 4.79 Å². The first-order chi connectivity index (χ1) is 11.1. The van der Waals surface area contributed by atoms with Gasteiger partial charge in [0.15, 0.2) is 5.78 Å². The summed E-state index contributed by atoms with van der Waals surface area (Å²) in [5, 5.41) is 3.67. The fourth-order valence-electron chi connectivity index (χ4n) is 3.06. The molecule has 1 amide bonds. The van der Waals surface area contributed by atoms with Gasteiger partial charge >= 0.3 is 0 Å². The summed E-state index contributed by atoms with van der Waals surface area (Å²) < 4.78 is 0. The van der Waals surface area contributed by atoms with Crippen LogP contribution in [0.4, 0.5) is 0 Å². The van der Waals surface area contributed by atoms with Gasteiger partial charge in [-0.3, -0.25) is 9.59 Å². The first-order valence-corrected chi connectivity index (χ1v) is 8.81. The molecule has 0 spiro atoms. The molecule has 1 heterocycles. The Morgan fingerprint density at radius 3 is 2.35 bits per heavy atom. The van der Waals surface area contributed by atoms with Crippen LogP contribution in [0.5, 0.6) is 0 Å². The van der Waals surface area contributed by atoms with Gasteiger partial charge in [0, 0.05) is 35.5 Å². The summed E-state index contributed by atoms with van der Waals surface area (Å²) in [4.78, 5) is 26.5. The Morgan fingerprint density at radius 2 is 1.74 bits per heavy atom. The Bertz CT molecular complexity index is 561. The largest absolute Gasteiger partial charge is 0.353 e. The van der Waals surface area contributed by atoms with E-state index in [0.717, 1.165) is 50.9 Å². The number of hydrogen-bond donors (Lipinski definition) is 1. The monoisotopic (exact) mass is 334 g/mol. The number of nitrogens with one attached hydrogen (secondary N) is 1. The highest BCUT2D eigenvalue weighted by Crippen LogP contribution is 2.23. The second kappa shape index (κ2) is 7.45. The number of ketones is 1. The molecule has 1 aliphatic carbocycles. The van der Waals surface area contributed by atoms with Gasteiger partial charge in [-0.05, 0) is 63.0 Å². The van der Waals surface area contributed by atoms with Crippen LogP contribution < -0.4 is 5.32 Å². The van der Waals surface area contributed by atoms with Crippen LogP contribution in [0.1, 0.15) is 42.5 Å². The van der Waals surface area contributed by atoms with Gasteiger partial charge < -0.3 is 10.2 Å². The molecular formula is C18H23ClN2O2. The van der Waals surface area contributed by atoms with Gasteiger partial charge in [-0.15, -0.1) is 0 Å². The molecule has 5 heteroatoms. The number of rotatable bonds is 6. The topological polar surface area (TPSA) is 49.4 Å². The SMILES string of the molecule is O=C(CCN1CCC(C(=O)c2ccc(Cl)cc2)CC1)NC1CC1. The van der Waals surface area contributed by atoms with Gasteiger partial charge in [-0.1, -0.05) is 11.6 Å². The van der Waals surface area contributed by atoms with Crippen LogP contribution in [0.25, 0.3) is 0 Å². The highest BCUT2D eigenvalue weighted by atomic mass is 35.5. The number of benzene rings is 1. The molecule has 0 atom stereocenters. The molecule has 3 rings (SSSR count). The van der Waals surface area contributed by atoms with Crippen LogP contribution in [0.2, 0.25) is 5.02 Å². The quantitative estimate of drug-likeness (QED) is 0.814. The average molecular weight is 335 g/mol. The molecule has 23 heavy (non-hydrogen) atoms. The third-order valence-electron chi connectivity index (χ3n) is 4.68. The fraction of sp³-hybridized carbons (Fsp3) is 0.556. The second-order valence-electron chi connectivity index (χ2n) is 6.58. The standard InChI is InChI=1S/C18H23ClN2O2/c19-15-3-1-13(2-4-15)18(23)14-7-10-21(11-8-14)12-9-17(22)20-16-5-6-16/h1-4,14,16H,5-12H2,(H,20,22). The zero-order valence-electron chi connectivity index (χ0n) is 13.3. The van der Waals surface area contributed by atoms with E-state index in [-0.39, 0.29) is 17.6 Å². The normalized spacial score (nSPS) is 19.5. The van der Waals surface area contributed by atoms with Gasteiger partial charge in [0.2, 0.25) is 5.91 Å². The van der Waals surface area contributed by atoms with Crippen LogP contribution in [-0.4, -0.2) is 42.3 Å². The summed E-state index contributed by atoms with van der Waals surface area (Å²) in [6.07, 6.45) is 4.55. The Labute approximate surface area is 142 Å².